The van der Waals surface area contributed by atoms with Gasteiger partial charge in [0.1, 0.15) is 11.0 Å². The van der Waals surface area contributed by atoms with E-state index in [0.29, 0.717) is 26.1 Å². The Hall–Kier alpha value is -0.610. The normalized spacial score (nSPS) is 44.1. The van der Waals surface area contributed by atoms with E-state index in [9.17, 15) is 9.90 Å². The van der Waals surface area contributed by atoms with Gasteiger partial charge in [0.25, 0.3) is 0 Å². The third-order valence-corrected chi connectivity index (χ3v) is 3.78. The van der Waals surface area contributed by atoms with Gasteiger partial charge in [0.05, 0.1) is 13.2 Å². The second kappa shape index (κ2) is 3.46. The van der Waals surface area contributed by atoms with Crippen LogP contribution in [0.3, 0.4) is 0 Å². The number of hydrogen-bond donors (Lipinski definition) is 1. The molecule has 3 unspecified atom stereocenters. The molecule has 1 saturated heterocycles. The number of aliphatic hydroxyl groups is 1. The van der Waals surface area contributed by atoms with Gasteiger partial charge in [-0.25, -0.2) is 0 Å². The van der Waals surface area contributed by atoms with Crippen molar-refractivity contribution in [1.29, 1.82) is 0 Å². The second-order valence-electron chi connectivity index (χ2n) is 4.63. The summed E-state index contributed by atoms with van der Waals surface area (Å²) in [6.07, 6.45) is 1.25. The van der Waals surface area contributed by atoms with Gasteiger partial charge in [-0.05, 0) is 19.3 Å². The number of esters is 1. The van der Waals surface area contributed by atoms with Crippen LogP contribution in [0.25, 0.3) is 0 Å². The molecule has 86 valence electrons. The van der Waals surface area contributed by atoms with Crippen molar-refractivity contribution in [3.8, 4) is 0 Å². The summed E-state index contributed by atoms with van der Waals surface area (Å²) in [5.74, 6) is -0.0613. The van der Waals surface area contributed by atoms with Crippen molar-refractivity contribution in [1.82, 2.24) is 0 Å². The van der Waals surface area contributed by atoms with Crippen LogP contribution >= 0.6 is 0 Å². The van der Waals surface area contributed by atoms with Gasteiger partial charge < -0.3 is 14.6 Å². The molecule has 1 N–H and O–H groups in total. The lowest BCUT2D eigenvalue weighted by Crippen LogP contribution is -2.47. The van der Waals surface area contributed by atoms with Crippen molar-refractivity contribution in [2.75, 3.05) is 19.8 Å². The molecule has 0 spiro atoms. The molecule has 0 amide bonds. The summed E-state index contributed by atoms with van der Waals surface area (Å²) in [4.78, 5) is 11.9. The van der Waals surface area contributed by atoms with Gasteiger partial charge in [-0.3, -0.25) is 4.79 Å². The highest BCUT2D eigenvalue weighted by Gasteiger charge is 2.71. The summed E-state index contributed by atoms with van der Waals surface area (Å²) in [7, 11) is 0. The van der Waals surface area contributed by atoms with Gasteiger partial charge in [0, 0.05) is 13.0 Å². The number of hydrogen-bond acceptors (Lipinski definition) is 4. The van der Waals surface area contributed by atoms with Crippen molar-refractivity contribution in [3.63, 3.8) is 0 Å². The van der Waals surface area contributed by atoms with Crippen LogP contribution in [0.4, 0.5) is 0 Å². The third-order valence-electron chi connectivity index (χ3n) is 3.78. The Bertz CT molecular complexity index is 270. The fourth-order valence-electron chi connectivity index (χ4n) is 2.71. The Morgan fingerprint density at radius 3 is 2.73 bits per heavy atom. The molecule has 0 bridgehead atoms. The first-order valence-corrected chi connectivity index (χ1v) is 5.54. The van der Waals surface area contributed by atoms with Crippen LogP contribution in [0, 0.1) is 11.3 Å². The molecule has 0 aromatic heterocycles. The third kappa shape index (κ3) is 1.39. The Balaban J connectivity index is 2.19. The average molecular weight is 214 g/mol. The molecule has 1 aliphatic heterocycles. The Morgan fingerprint density at radius 2 is 2.33 bits per heavy atom. The molecule has 0 aromatic carbocycles. The van der Waals surface area contributed by atoms with E-state index >= 15 is 0 Å². The van der Waals surface area contributed by atoms with E-state index in [2.05, 4.69) is 0 Å². The van der Waals surface area contributed by atoms with Crippen LogP contribution in [0.5, 0.6) is 0 Å². The highest BCUT2D eigenvalue weighted by molar-refractivity contribution is 5.82. The number of rotatable bonds is 3. The van der Waals surface area contributed by atoms with Crippen molar-refractivity contribution in [2.24, 2.45) is 11.3 Å². The lowest BCUT2D eigenvalue weighted by atomic mass is 9.81. The number of carbonyl (C=O) groups is 1. The predicted octanol–water partition coefficient (Wildman–Crippen LogP) is 0.727. The highest BCUT2D eigenvalue weighted by atomic mass is 16.5. The van der Waals surface area contributed by atoms with Crippen LogP contribution < -0.4 is 0 Å². The zero-order valence-electron chi connectivity index (χ0n) is 9.28. The Morgan fingerprint density at radius 1 is 1.67 bits per heavy atom. The first-order valence-electron chi connectivity index (χ1n) is 5.54. The molecular formula is C11H18O4. The molecule has 4 nitrogen and oxygen atoms in total. The van der Waals surface area contributed by atoms with Crippen LogP contribution in [0.2, 0.25) is 0 Å². The van der Waals surface area contributed by atoms with Crippen molar-refractivity contribution < 1.29 is 19.4 Å². The van der Waals surface area contributed by atoms with Gasteiger partial charge >= 0.3 is 5.97 Å². The van der Waals surface area contributed by atoms with Gasteiger partial charge in [-0.1, -0.05) is 6.92 Å². The van der Waals surface area contributed by atoms with E-state index in [1.54, 1.807) is 6.92 Å². The van der Waals surface area contributed by atoms with Crippen LogP contribution in [-0.4, -0.2) is 36.5 Å². The van der Waals surface area contributed by atoms with Crippen molar-refractivity contribution in [3.05, 3.63) is 0 Å². The minimum Gasteiger partial charge on any atom is -0.465 e. The maximum absolute atomic E-state index is 11.9. The molecule has 15 heavy (non-hydrogen) atoms. The van der Waals surface area contributed by atoms with E-state index in [0.717, 1.165) is 0 Å². The molecule has 1 saturated carbocycles. The maximum atomic E-state index is 11.9. The summed E-state index contributed by atoms with van der Waals surface area (Å²) >= 11 is 0. The zero-order chi connectivity index (χ0) is 11.1. The predicted molar refractivity (Wildman–Crippen MR) is 53.2 cm³/mol. The first kappa shape index (κ1) is 10.9. The van der Waals surface area contributed by atoms with Crippen LogP contribution in [-0.2, 0) is 14.3 Å². The standard InChI is InChI=1S/C11H18O4/c1-3-15-9(12)11(6-8(11)2)10(13)4-5-14-7-10/h8,13H,3-7H2,1-2H3. The van der Waals surface area contributed by atoms with Crippen molar-refractivity contribution >= 4 is 5.97 Å². The summed E-state index contributed by atoms with van der Waals surface area (Å²) in [6, 6.07) is 0. The van der Waals surface area contributed by atoms with Crippen molar-refractivity contribution in [2.45, 2.75) is 32.3 Å². The second-order valence-corrected chi connectivity index (χ2v) is 4.63. The fraction of sp³-hybridized carbons (Fsp3) is 0.909. The first-order chi connectivity index (χ1) is 7.07. The van der Waals surface area contributed by atoms with Gasteiger partial charge in [-0.2, -0.15) is 0 Å². The smallest absolute Gasteiger partial charge is 0.315 e. The average Bonchev–Trinajstić information content (AvgIpc) is 2.68. The van der Waals surface area contributed by atoms with Gasteiger partial charge in [0.15, 0.2) is 0 Å². The molecule has 1 aliphatic carbocycles. The lowest BCUT2D eigenvalue weighted by molar-refractivity contribution is -0.163. The molecule has 0 aromatic rings. The maximum Gasteiger partial charge on any atom is 0.315 e. The van der Waals surface area contributed by atoms with E-state index in [1.807, 2.05) is 6.92 Å². The quantitative estimate of drug-likeness (QED) is 0.704. The SMILES string of the molecule is CCOC(=O)C1(C2(O)CCOC2)CC1C. The fourth-order valence-corrected chi connectivity index (χ4v) is 2.71. The molecule has 4 heteroatoms. The number of carbonyl (C=O) groups excluding carboxylic acids is 1. The van der Waals surface area contributed by atoms with E-state index in [4.69, 9.17) is 9.47 Å². The summed E-state index contributed by atoms with van der Waals surface area (Å²) in [6.45, 7) is 4.92. The molecule has 2 aliphatic rings. The highest BCUT2D eigenvalue weighted by Crippen LogP contribution is 2.62. The summed E-state index contributed by atoms with van der Waals surface area (Å²) < 4.78 is 10.3. The minimum atomic E-state index is -1.00. The zero-order valence-corrected chi connectivity index (χ0v) is 9.28. The molecule has 1 heterocycles. The Labute approximate surface area is 89.6 Å². The molecule has 3 atom stereocenters. The molecule has 2 fully saturated rings. The summed E-state index contributed by atoms with van der Waals surface area (Å²) in [5.41, 5.74) is -1.70. The molecule has 0 radical (unpaired) electrons. The monoisotopic (exact) mass is 214 g/mol. The van der Waals surface area contributed by atoms with Crippen LogP contribution in [0.1, 0.15) is 26.7 Å². The van der Waals surface area contributed by atoms with Gasteiger partial charge in [-0.15, -0.1) is 0 Å². The minimum absolute atomic E-state index is 0.197. The van der Waals surface area contributed by atoms with Gasteiger partial charge in [0.2, 0.25) is 0 Å². The topological polar surface area (TPSA) is 55.8 Å². The van der Waals surface area contributed by atoms with Crippen LogP contribution in [0.15, 0.2) is 0 Å². The van der Waals surface area contributed by atoms with E-state index in [1.165, 1.54) is 0 Å². The molecular weight excluding hydrogens is 196 g/mol. The van der Waals surface area contributed by atoms with E-state index < -0.39 is 11.0 Å². The van der Waals surface area contributed by atoms with E-state index in [-0.39, 0.29) is 18.5 Å². The largest absolute Gasteiger partial charge is 0.465 e. The Kier molecular flexibility index (Phi) is 2.51. The molecule has 2 rings (SSSR count). The summed E-state index contributed by atoms with van der Waals surface area (Å²) in [5, 5.41) is 10.4. The number of ether oxygens (including phenoxy) is 2. The lowest BCUT2D eigenvalue weighted by Gasteiger charge is -2.30.